The molecule has 2 aliphatic heterocycles. The maximum atomic E-state index is 12.8. The van der Waals surface area contributed by atoms with Crippen LogP contribution in [-0.4, -0.2) is 54.3 Å². The van der Waals surface area contributed by atoms with Crippen molar-refractivity contribution >= 4 is 23.0 Å². The standard InChI is InChI=1S/C26H35N3O3S/c1-32-19-24-7-4-3-6-23(24)18-28-13-5-8-21-16-22(9-10-25(21)28)26(30)27-17-20-11-14-29(15-12-20)33(2)31/h3-4,6-7,9-10,16,20H,5,8,11-15,17-19H2,1-2H3,(H,27,30). The van der Waals surface area contributed by atoms with Crippen molar-refractivity contribution in [3.8, 4) is 0 Å². The van der Waals surface area contributed by atoms with Gasteiger partial charge in [-0.15, -0.1) is 4.31 Å². The number of benzene rings is 2. The molecule has 1 unspecified atom stereocenters. The Morgan fingerprint density at radius 1 is 1.15 bits per heavy atom. The first kappa shape index (κ1) is 24.1. The number of rotatable bonds is 8. The summed E-state index contributed by atoms with van der Waals surface area (Å²) in [6.45, 7) is 4.84. The van der Waals surface area contributed by atoms with Crippen LogP contribution in [0.1, 0.15) is 46.3 Å². The third-order valence-electron chi connectivity index (χ3n) is 6.82. The van der Waals surface area contributed by atoms with Crippen LogP contribution in [-0.2, 0) is 35.7 Å². The van der Waals surface area contributed by atoms with Gasteiger partial charge in [-0.25, -0.2) is 0 Å². The number of nitrogens with one attached hydrogen (secondary N) is 1. The molecule has 0 spiro atoms. The molecule has 2 aromatic rings. The van der Waals surface area contributed by atoms with Gasteiger partial charge in [0.25, 0.3) is 5.91 Å². The average molecular weight is 470 g/mol. The van der Waals surface area contributed by atoms with Gasteiger partial charge < -0.3 is 19.5 Å². The molecule has 0 saturated carbocycles. The van der Waals surface area contributed by atoms with Gasteiger partial charge in [-0.3, -0.25) is 4.79 Å². The summed E-state index contributed by atoms with van der Waals surface area (Å²) in [5, 5.41) is 3.13. The topological polar surface area (TPSA) is 67.9 Å². The third kappa shape index (κ3) is 6.09. The maximum absolute atomic E-state index is 12.8. The van der Waals surface area contributed by atoms with E-state index in [0.29, 0.717) is 19.1 Å². The Hall–Kier alpha value is -2.06. The van der Waals surface area contributed by atoms with Crippen LogP contribution in [0.25, 0.3) is 0 Å². The Morgan fingerprint density at radius 2 is 1.91 bits per heavy atom. The minimum absolute atomic E-state index is 0.00172. The predicted molar refractivity (Wildman–Crippen MR) is 134 cm³/mol. The van der Waals surface area contributed by atoms with Crippen LogP contribution in [0.3, 0.4) is 0 Å². The van der Waals surface area contributed by atoms with E-state index in [4.69, 9.17) is 4.74 Å². The number of ether oxygens (including phenoxy) is 1. The zero-order valence-electron chi connectivity index (χ0n) is 19.7. The molecule has 1 fully saturated rings. The van der Waals surface area contributed by atoms with E-state index >= 15 is 0 Å². The summed E-state index contributed by atoms with van der Waals surface area (Å²) in [6, 6.07) is 14.6. The second-order valence-electron chi connectivity index (χ2n) is 9.08. The third-order valence-corrected chi connectivity index (χ3v) is 7.92. The van der Waals surface area contributed by atoms with Gasteiger partial charge in [0.2, 0.25) is 0 Å². The average Bonchev–Trinajstić information content (AvgIpc) is 2.84. The Kier molecular flexibility index (Phi) is 8.30. The zero-order chi connectivity index (χ0) is 23.2. The van der Waals surface area contributed by atoms with Crippen LogP contribution in [0.4, 0.5) is 5.69 Å². The number of piperidine rings is 1. The van der Waals surface area contributed by atoms with Gasteiger partial charge in [0.05, 0.1) is 6.61 Å². The highest BCUT2D eigenvalue weighted by Crippen LogP contribution is 2.30. The Morgan fingerprint density at radius 3 is 2.64 bits per heavy atom. The van der Waals surface area contributed by atoms with Gasteiger partial charge in [0, 0.05) is 62.4 Å². The fourth-order valence-electron chi connectivity index (χ4n) is 4.90. The van der Waals surface area contributed by atoms with Crippen LogP contribution in [0.2, 0.25) is 0 Å². The molecule has 0 bridgehead atoms. The summed E-state index contributed by atoms with van der Waals surface area (Å²) in [5.74, 6) is 0.455. The Balaban J connectivity index is 1.37. The summed E-state index contributed by atoms with van der Waals surface area (Å²) >= 11 is -0.894. The number of amides is 1. The first-order valence-corrected chi connectivity index (χ1v) is 13.4. The monoisotopic (exact) mass is 469 g/mol. The smallest absolute Gasteiger partial charge is 0.251 e. The van der Waals surface area contributed by atoms with Gasteiger partial charge in [-0.05, 0) is 66.5 Å². The van der Waals surface area contributed by atoms with Gasteiger partial charge in [-0.1, -0.05) is 24.3 Å². The molecule has 0 aromatic heterocycles. The SMILES string of the molecule is COCc1ccccc1CN1CCCc2cc(C(=O)NCC3CCN([S+](C)[O-])CC3)ccc21. The second kappa shape index (κ2) is 11.4. The predicted octanol–water partition coefficient (Wildman–Crippen LogP) is 3.52. The highest BCUT2D eigenvalue weighted by Gasteiger charge is 2.25. The van der Waals surface area contributed by atoms with E-state index in [1.54, 1.807) is 13.4 Å². The number of aryl methyl sites for hydroxylation is 1. The van der Waals surface area contributed by atoms with E-state index < -0.39 is 11.4 Å². The molecule has 4 rings (SSSR count). The minimum Gasteiger partial charge on any atom is -0.598 e. The fraction of sp³-hybridized carbons (Fsp3) is 0.500. The number of methoxy groups -OCH3 is 1. The van der Waals surface area contributed by atoms with Crippen molar-refractivity contribution in [2.75, 3.05) is 44.4 Å². The maximum Gasteiger partial charge on any atom is 0.251 e. The molecule has 0 aliphatic carbocycles. The van der Waals surface area contributed by atoms with E-state index in [-0.39, 0.29) is 5.91 Å². The normalized spacial score (nSPS) is 18.1. The summed E-state index contributed by atoms with van der Waals surface area (Å²) in [6.07, 6.45) is 5.77. The first-order chi connectivity index (χ1) is 16.0. The van der Waals surface area contributed by atoms with E-state index in [2.05, 4.69) is 46.6 Å². The second-order valence-corrected chi connectivity index (χ2v) is 10.4. The summed E-state index contributed by atoms with van der Waals surface area (Å²) < 4.78 is 19.0. The van der Waals surface area contributed by atoms with Crippen LogP contribution in [0.15, 0.2) is 42.5 Å². The molecule has 7 heteroatoms. The van der Waals surface area contributed by atoms with E-state index in [1.165, 1.54) is 22.4 Å². The lowest BCUT2D eigenvalue weighted by atomic mass is 9.96. The van der Waals surface area contributed by atoms with Crippen molar-refractivity contribution in [3.63, 3.8) is 0 Å². The number of nitrogens with zero attached hydrogens (tertiary/aromatic N) is 2. The highest BCUT2D eigenvalue weighted by molar-refractivity contribution is 7.88. The molecule has 0 radical (unpaired) electrons. The highest BCUT2D eigenvalue weighted by atomic mass is 32.2. The molecule has 1 N–H and O–H groups in total. The molecule has 1 amide bonds. The van der Waals surface area contributed by atoms with Crippen molar-refractivity contribution in [1.82, 2.24) is 9.62 Å². The molecule has 2 heterocycles. The summed E-state index contributed by atoms with van der Waals surface area (Å²) in [4.78, 5) is 15.3. The van der Waals surface area contributed by atoms with E-state index in [0.717, 1.165) is 57.4 Å². The summed E-state index contributed by atoms with van der Waals surface area (Å²) in [7, 11) is 1.73. The van der Waals surface area contributed by atoms with Crippen molar-refractivity contribution < 1.29 is 14.1 Å². The molecule has 1 saturated heterocycles. The zero-order valence-corrected chi connectivity index (χ0v) is 20.5. The number of carbonyl (C=O) groups excluding carboxylic acids is 1. The van der Waals surface area contributed by atoms with Crippen LogP contribution in [0, 0.1) is 5.92 Å². The van der Waals surface area contributed by atoms with Gasteiger partial charge in [0.15, 0.2) is 0 Å². The quantitative estimate of drug-likeness (QED) is 0.599. The Bertz CT molecular complexity index is 944. The largest absolute Gasteiger partial charge is 0.598 e. The number of hydrogen-bond acceptors (Lipinski definition) is 5. The van der Waals surface area contributed by atoms with Crippen LogP contribution < -0.4 is 10.2 Å². The molecule has 33 heavy (non-hydrogen) atoms. The first-order valence-electron chi connectivity index (χ1n) is 11.9. The minimum atomic E-state index is -0.894. The van der Waals surface area contributed by atoms with Gasteiger partial charge in [0.1, 0.15) is 6.26 Å². The number of hydrogen-bond donors (Lipinski definition) is 1. The molecule has 2 aliphatic rings. The lowest BCUT2D eigenvalue weighted by Gasteiger charge is -2.32. The molecule has 6 nitrogen and oxygen atoms in total. The lowest BCUT2D eigenvalue weighted by molar-refractivity contribution is 0.0941. The van der Waals surface area contributed by atoms with E-state index in [9.17, 15) is 9.35 Å². The number of carbonyl (C=O) groups is 1. The molecular weight excluding hydrogens is 434 g/mol. The molecular formula is C26H35N3O3S. The van der Waals surface area contributed by atoms with Crippen molar-refractivity contribution in [1.29, 1.82) is 0 Å². The van der Waals surface area contributed by atoms with E-state index in [1.807, 2.05) is 10.4 Å². The summed E-state index contributed by atoms with van der Waals surface area (Å²) in [5.41, 5.74) is 5.72. The van der Waals surface area contributed by atoms with Crippen LogP contribution in [0.5, 0.6) is 0 Å². The van der Waals surface area contributed by atoms with Crippen molar-refractivity contribution in [3.05, 3.63) is 64.7 Å². The Labute approximate surface area is 200 Å². The fourth-order valence-corrected chi connectivity index (χ4v) is 5.63. The van der Waals surface area contributed by atoms with Crippen LogP contribution >= 0.6 is 0 Å². The number of fused-ring (bicyclic) bond motifs is 1. The lowest BCUT2D eigenvalue weighted by Crippen LogP contribution is -2.41. The molecule has 2 aromatic carbocycles. The van der Waals surface area contributed by atoms with Crippen molar-refractivity contribution in [2.24, 2.45) is 5.92 Å². The molecule has 178 valence electrons. The van der Waals surface area contributed by atoms with Gasteiger partial charge >= 0.3 is 0 Å². The molecule has 1 atom stereocenters. The van der Waals surface area contributed by atoms with Crippen molar-refractivity contribution in [2.45, 2.75) is 38.8 Å². The number of anilines is 1. The van der Waals surface area contributed by atoms with Gasteiger partial charge in [-0.2, -0.15) is 0 Å².